The largest absolute Gasteiger partial charge is 0.314 e. The van der Waals surface area contributed by atoms with Gasteiger partial charge in [0, 0.05) is 30.3 Å². The van der Waals surface area contributed by atoms with Crippen LogP contribution in [0, 0.1) is 0 Å². The Balaban J connectivity index is 1.77. The predicted molar refractivity (Wildman–Crippen MR) is 65.5 cm³/mol. The molecule has 1 aliphatic rings. The van der Waals surface area contributed by atoms with Crippen molar-refractivity contribution in [2.75, 3.05) is 6.54 Å². The summed E-state index contributed by atoms with van der Waals surface area (Å²) in [5.41, 5.74) is 1.27. The Bertz CT molecular complexity index is 304. The van der Waals surface area contributed by atoms with Gasteiger partial charge in [-0.2, -0.15) is 0 Å². The highest BCUT2D eigenvalue weighted by Gasteiger charge is 2.19. The number of rotatable bonds is 6. The van der Waals surface area contributed by atoms with Gasteiger partial charge in [-0.3, -0.25) is 0 Å². The molecule has 0 aromatic carbocycles. The van der Waals surface area contributed by atoms with Crippen molar-refractivity contribution in [1.82, 2.24) is 10.3 Å². The lowest BCUT2D eigenvalue weighted by molar-refractivity contribution is 0.670. The first kappa shape index (κ1) is 11.1. The first-order chi connectivity index (χ1) is 7.29. The summed E-state index contributed by atoms with van der Waals surface area (Å²) in [6, 6.07) is 0.817. The van der Waals surface area contributed by atoms with Gasteiger partial charge >= 0.3 is 0 Å². The van der Waals surface area contributed by atoms with Gasteiger partial charge in [-0.1, -0.05) is 13.8 Å². The Morgan fingerprint density at radius 1 is 1.60 bits per heavy atom. The minimum Gasteiger partial charge on any atom is -0.314 e. The molecule has 1 heterocycles. The lowest BCUT2D eigenvalue weighted by atomic mass is 10.1. The molecule has 2 nitrogen and oxygen atoms in total. The normalized spacial score (nSPS) is 18.0. The number of thiazole rings is 1. The van der Waals surface area contributed by atoms with Gasteiger partial charge in [0.25, 0.3) is 0 Å². The molecule has 2 rings (SSSR count). The molecule has 0 saturated heterocycles. The average Bonchev–Trinajstić information content (AvgIpc) is 2.94. The number of aromatic nitrogens is 1. The average molecular weight is 224 g/mol. The van der Waals surface area contributed by atoms with Gasteiger partial charge < -0.3 is 5.32 Å². The van der Waals surface area contributed by atoms with Crippen molar-refractivity contribution >= 4 is 11.3 Å². The second kappa shape index (κ2) is 5.08. The van der Waals surface area contributed by atoms with Gasteiger partial charge in [0.15, 0.2) is 0 Å². The fourth-order valence-corrected chi connectivity index (χ4v) is 2.53. The van der Waals surface area contributed by atoms with Crippen LogP contribution in [0.1, 0.15) is 49.7 Å². The van der Waals surface area contributed by atoms with Crippen LogP contribution in [0.5, 0.6) is 0 Å². The van der Waals surface area contributed by atoms with Crippen LogP contribution in [-0.2, 0) is 6.42 Å². The molecule has 0 aliphatic heterocycles. The minimum absolute atomic E-state index is 0.625. The molecule has 1 aromatic rings. The topological polar surface area (TPSA) is 24.9 Å². The smallest absolute Gasteiger partial charge is 0.0956 e. The van der Waals surface area contributed by atoms with Crippen LogP contribution in [0.4, 0.5) is 0 Å². The zero-order chi connectivity index (χ0) is 10.7. The van der Waals surface area contributed by atoms with Crippen molar-refractivity contribution < 1.29 is 0 Å². The third kappa shape index (κ3) is 3.28. The van der Waals surface area contributed by atoms with Gasteiger partial charge in [-0.15, -0.1) is 11.3 Å². The molecule has 1 unspecified atom stereocenters. The molecule has 15 heavy (non-hydrogen) atoms. The SMILES string of the molecule is CCC(C)c1nc(CCNC2CC2)cs1. The summed E-state index contributed by atoms with van der Waals surface area (Å²) < 4.78 is 0. The molecule has 1 saturated carbocycles. The van der Waals surface area contributed by atoms with Crippen LogP contribution in [0.25, 0.3) is 0 Å². The van der Waals surface area contributed by atoms with E-state index in [0.29, 0.717) is 5.92 Å². The van der Waals surface area contributed by atoms with E-state index >= 15 is 0 Å². The number of nitrogens with zero attached hydrogens (tertiary/aromatic N) is 1. The van der Waals surface area contributed by atoms with Crippen molar-refractivity contribution in [2.24, 2.45) is 0 Å². The Morgan fingerprint density at radius 3 is 3.07 bits per heavy atom. The Labute approximate surface area is 96.1 Å². The predicted octanol–water partition coefficient (Wildman–Crippen LogP) is 2.95. The van der Waals surface area contributed by atoms with E-state index in [1.54, 1.807) is 0 Å². The summed E-state index contributed by atoms with van der Waals surface area (Å²) in [6.07, 6.45) is 5.01. The molecule has 3 heteroatoms. The second-order valence-corrected chi connectivity index (χ2v) is 5.35. The minimum atomic E-state index is 0.625. The molecule has 0 amide bonds. The van der Waals surface area contributed by atoms with Gasteiger partial charge in [-0.25, -0.2) is 4.98 Å². The third-order valence-corrected chi connectivity index (χ3v) is 4.12. The Morgan fingerprint density at radius 2 is 2.40 bits per heavy atom. The molecule has 1 fully saturated rings. The van der Waals surface area contributed by atoms with Crippen LogP contribution in [0.2, 0.25) is 0 Å². The Hall–Kier alpha value is -0.410. The summed E-state index contributed by atoms with van der Waals surface area (Å²) >= 11 is 1.82. The van der Waals surface area contributed by atoms with Gasteiger partial charge in [0.1, 0.15) is 0 Å². The highest BCUT2D eigenvalue weighted by molar-refractivity contribution is 7.09. The van der Waals surface area contributed by atoms with Crippen LogP contribution >= 0.6 is 11.3 Å². The van der Waals surface area contributed by atoms with Gasteiger partial charge in [-0.05, 0) is 19.3 Å². The molecule has 1 aliphatic carbocycles. The quantitative estimate of drug-likeness (QED) is 0.803. The lowest BCUT2D eigenvalue weighted by Crippen LogP contribution is -2.19. The Kier molecular flexibility index (Phi) is 3.76. The maximum atomic E-state index is 4.68. The summed E-state index contributed by atoms with van der Waals surface area (Å²) in [7, 11) is 0. The van der Waals surface area contributed by atoms with Gasteiger partial charge in [0.2, 0.25) is 0 Å². The summed E-state index contributed by atoms with van der Waals surface area (Å²) in [6.45, 7) is 5.57. The molecule has 1 aromatic heterocycles. The van der Waals surface area contributed by atoms with Crippen LogP contribution in [-0.4, -0.2) is 17.6 Å². The summed E-state index contributed by atoms with van der Waals surface area (Å²) in [5, 5.41) is 7.05. The number of nitrogens with one attached hydrogen (secondary N) is 1. The molecule has 0 spiro atoms. The van der Waals surface area contributed by atoms with Crippen molar-refractivity contribution in [2.45, 2.75) is 51.5 Å². The number of hydrogen-bond donors (Lipinski definition) is 1. The first-order valence-electron chi connectivity index (χ1n) is 5.97. The van der Waals surface area contributed by atoms with E-state index in [4.69, 9.17) is 0 Å². The van der Waals surface area contributed by atoms with Gasteiger partial charge in [0.05, 0.1) is 10.7 Å². The second-order valence-electron chi connectivity index (χ2n) is 4.46. The van der Waals surface area contributed by atoms with Crippen LogP contribution in [0.3, 0.4) is 0 Å². The summed E-state index contributed by atoms with van der Waals surface area (Å²) in [5.74, 6) is 0.625. The highest BCUT2D eigenvalue weighted by atomic mass is 32.1. The maximum Gasteiger partial charge on any atom is 0.0956 e. The van der Waals surface area contributed by atoms with E-state index < -0.39 is 0 Å². The monoisotopic (exact) mass is 224 g/mol. The molecule has 0 bridgehead atoms. The number of hydrogen-bond acceptors (Lipinski definition) is 3. The summed E-state index contributed by atoms with van der Waals surface area (Å²) in [4.78, 5) is 4.68. The highest BCUT2D eigenvalue weighted by Crippen LogP contribution is 2.23. The zero-order valence-electron chi connectivity index (χ0n) is 9.62. The van der Waals surface area contributed by atoms with Crippen molar-refractivity contribution in [3.8, 4) is 0 Å². The van der Waals surface area contributed by atoms with E-state index in [1.807, 2.05) is 11.3 Å². The van der Waals surface area contributed by atoms with E-state index in [0.717, 1.165) is 19.0 Å². The molecular formula is C12H20N2S. The molecule has 1 N–H and O–H groups in total. The maximum absolute atomic E-state index is 4.68. The fourth-order valence-electron chi connectivity index (χ4n) is 1.53. The standard InChI is InChI=1S/C12H20N2S/c1-3-9(2)12-14-11(8-15-12)6-7-13-10-4-5-10/h8-10,13H,3-7H2,1-2H3. The molecule has 1 atom stereocenters. The van der Waals surface area contributed by atoms with E-state index in [9.17, 15) is 0 Å². The first-order valence-corrected chi connectivity index (χ1v) is 6.85. The lowest BCUT2D eigenvalue weighted by Gasteiger charge is -2.02. The van der Waals surface area contributed by atoms with Crippen molar-refractivity contribution in [1.29, 1.82) is 0 Å². The third-order valence-electron chi connectivity index (χ3n) is 2.99. The molecule has 0 radical (unpaired) electrons. The van der Waals surface area contributed by atoms with Crippen LogP contribution < -0.4 is 5.32 Å². The zero-order valence-corrected chi connectivity index (χ0v) is 10.4. The van der Waals surface area contributed by atoms with E-state index in [1.165, 1.54) is 30.0 Å². The van der Waals surface area contributed by atoms with Crippen molar-refractivity contribution in [3.05, 3.63) is 16.1 Å². The molecule has 84 valence electrons. The van der Waals surface area contributed by atoms with E-state index in [-0.39, 0.29) is 0 Å². The van der Waals surface area contributed by atoms with Crippen LogP contribution in [0.15, 0.2) is 5.38 Å². The van der Waals surface area contributed by atoms with E-state index in [2.05, 4.69) is 29.5 Å². The van der Waals surface area contributed by atoms with Crippen molar-refractivity contribution in [3.63, 3.8) is 0 Å². The fraction of sp³-hybridized carbons (Fsp3) is 0.750. The molecular weight excluding hydrogens is 204 g/mol.